The SMILES string of the molecule is CC(c1ccccc1)N(O)C(=O)c1ccc(Cl)c(NC(=O)c2cc3cnc(N4CCC(N)CC4)nc3[nH]c2=O)c1. The number of aromatic amines is 1. The van der Waals surface area contributed by atoms with Gasteiger partial charge in [0.05, 0.1) is 16.8 Å². The molecule has 0 saturated carbocycles. The van der Waals surface area contributed by atoms with Gasteiger partial charge in [0.1, 0.15) is 11.2 Å². The second-order valence-corrected chi connectivity index (χ2v) is 10.1. The lowest BCUT2D eigenvalue weighted by Gasteiger charge is -2.30. The zero-order valence-electron chi connectivity index (χ0n) is 21.7. The molecule has 0 radical (unpaired) electrons. The number of halogens is 1. The highest BCUT2D eigenvalue weighted by Gasteiger charge is 2.23. The number of benzene rings is 2. The molecule has 206 valence electrons. The van der Waals surface area contributed by atoms with E-state index in [4.69, 9.17) is 17.3 Å². The van der Waals surface area contributed by atoms with Crippen molar-refractivity contribution in [3.05, 3.63) is 92.9 Å². The van der Waals surface area contributed by atoms with Crippen LogP contribution < -0.4 is 21.5 Å². The zero-order chi connectivity index (χ0) is 28.4. The smallest absolute Gasteiger partial charge is 0.277 e. The van der Waals surface area contributed by atoms with Gasteiger partial charge in [0, 0.05) is 36.3 Å². The molecule has 5 N–H and O–H groups in total. The standard InChI is InChI=1S/C28H28ClN7O4/c1-16(17-5-3-2-4-6-17)36(40)27(39)18-7-8-22(29)23(14-18)32-25(37)21-13-19-15-31-28(34-24(19)33-26(21)38)35-11-9-20(30)10-12-35/h2-8,13-16,20,40H,9-12,30H2,1H3,(H,32,37)(H,31,33,34,38). The van der Waals surface area contributed by atoms with E-state index in [9.17, 15) is 19.6 Å². The Morgan fingerprint density at radius 3 is 2.62 bits per heavy atom. The second kappa shape index (κ2) is 11.4. The Kier molecular flexibility index (Phi) is 7.78. The number of hydroxylamine groups is 2. The third-order valence-corrected chi connectivity index (χ3v) is 7.30. The Hall–Kier alpha value is -4.32. The van der Waals surface area contributed by atoms with Crippen LogP contribution in [-0.4, -0.2) is 56.2 Å². The molecule has 1 aliphatic heterocycles. The van der Waals surface area contributed by atoms with Crippen molar-refractivity contribution in [2.24, 2.45) is 5.73 Å². The molecule has 1 saturated heterocycles. The molecule has 11 nitrogen and oxygen atoms in total. The molecule has 40 heavy (non-hydrogen) atoms. The molecule has 3 heterocycles. The summed E-state index contributed by atoms with van der Waals surface area (Å²) in [5.41, 5.74) is 6.40. The van der Waals surface area contributed by atoms with E-state index in [1.807, 2.05) is 23.1 Å². The van der Waals surface area contributed by atoms with Gasteiger partial charge in [-0.25, -0.2) is 10.0 Å². The molecule has 2 aromatic carbocycles. The van der Waals surface area contributed by atoms with E-state index in [2.05, 4.69) is 20.3 Å². The predicted molar refractivity (Wildman–Crippen MR) is 152 cm³/mol. The molecule has 0 aliphatic carbocycles. The predicted octanol–water partition coefficient (Wildman–Crippen LogP) is 3.74. The summed E-state index contributed by atoms with van der Waals surface area (Å²) in [5, 5.41) is 14.4. The highest BCUT2D eigenvalue weighted by Crippen LogP contribution is 2.27. The summed E-state index contributed by atoms with van der Waals surface area (Å²) in [6, 6.07) is 14.2. The van der Waals surface area contributed by atoms with Crippen molar-refractivity contribution in [3.8, 4) is 0 Å². The van der Waals surface area contributed by atoms with Gasteiger partial charge in [0.25, 0.3) is 17.4 Å². The molecule has 2 amide bonds. The molecular formula is C28H28ClN7O4. The molecule has 2 aromatic heterocycles. The van der Waals surface area contributed by atoms with Crippen molar-refractivity contribution in [2.75, 3.05) is 23.3 Å². The van der Waals surface area contributed by atoms with E-state index >= 15 is 0 Å². The van der Waals surface area contributed by atoms with Gasteiger partial charge >= 0.3 is 0 Å². The van der Waals surface area contributed by atoms with Gasteiger partial charge in [-0.1, -0.05) is 41.9 Å². The lowest BCUT2D eigenvalue weighted by atomic mass is 10.1. The van der Waals surface area contributed by atoms with E-state index in [0.717, 1.165) is 31.5 Å². The van der Waals surface area contributed by atoms with Crippen LogP contribution in [0, 0.1) is 0 Å². The number of hydrogen-bond donors (Lipinski definition) is 4. The summed E-state index contributed by atoms with van der Waals surface area (Å²) in [6.07, 6.45) is 3.21. The monoisotopic (exact) mass is 561 g/mol. The maximum Gasteiger partial charge on any atom is 0.277 e. The number of aromatic nitrogens is 3. The van der Waals surface area contributed by atoms with Crippen LogP contribution in [0.2, 0.25) is 5.02 Å². The third-order valence-electron chi connectivity index (χ3n) is 6.97. The van der Waals surface area contributed by atoms with Crippen LogP contribution in [0.3, 0.4) is 0 Å². The number of nitrogens with two attached hydrogens (primary N) is 1. The lowest BCUT2D eigenvalue weighted by Crippen LogP contribution is -2.40. The number of amides is 2. The molecular weight excluding hydrogens is 534 g/mol. The van der Waals surface area contributed by atoms with E-state index < -0.39 is 23.4 Å². The third kappa shape index (κ3) is 5.67. The van der Waals surface area contributed by atoms with Gasteiger partial charge in [-0.15, -0.1) is 0 Å². The number of pyridine rings is 1. The van der Waals surface area contributed by atoms with Crippen LogP contribution in [0.4, 0.5) is 11.6 Å². The molecule has 0 bridgehead atoms. The van der Waals surface area contributed by atoms with Gasteiger partial charge in [0.2, 0.25) is 5.95 Å². The lowest BCUT2D eigenvalue weighted by molar-refractivity contribution is -0.0854. The molecule has 4 aromatic rings. The number of nitrogens with zero attached hydrogens (tertiary/aromatic N) is 4. The minimum absolute atomic E-state index is 0.0944. The van der Waals surface area contributed by atoms with Crippen LogP contribution >= 0.6 is 11.6 Å². The summed E-state index contributed by atoms with van der Waals surface area (Å²) in [6.45, 7) is 3.13. The minimum atomic E-state index is -0.734. The number of nitrogens with one attached hydrogen (secondary N) is 2. The van der Waals surface area contributed by atoms with Crippen LogP contribution in [0.1, 0.15) is 52.1 Å². The summed E-state index contributed by atoms with van der Waals surface area (Å²) < 4.78 is 0. The number of carbonyl (C=O) groups is 2. The number of hydrogen-bond acceptors (Lipinski definition) is 8. The van der Waals surface area contributed by atoms with Gasteiger partial charge < -0.3 is 20.9 Å². The number of carbonyl (C=O) groups excluding carboxylic acids is 2. The quantitative estimate of drug-likeness (QED) is 0.205. The number of rotatable bonds is 6. The van der Waals surface area contributed by atoms with Crippen molar-refractivity contribution in [1.82, 2.24) is 20.0 Å². The van der Waals surface area contributed by atoms with Gasteiger partial charge in [-0.3, -0.25) is 19.6 Å². The minimum Gasteiger partial charge on any atom is -0.341 e. The van der Waals surface area contributed by atoms with E-state index in [1.165, 1.54) is 24.3 Å². The Morgan fingerprint density at radius 2 is 1.90 bits per heavy atom. The van der Waals surface area contributed by atoms with Gasteiger partial charge in [-0.2, -0.15) is 4.98 Å². The van der Waals surface area contributed by atoms with Crippen molar-refractivity contribution < 1.29 is 14.8 Å². The van der Waals surface area contributed by atoms with Crippen LogP contribution in [0.5, 0.6) is 0 Å². The van der Waals surface area contributed by atoms with Crippen molar-refractivity contribution in [3.63, 3.8) is 0 Å². The molecule has 1 fully saturated rings. The Labute approximate surface area is 234 Å². The number of H-pyrrole nitrogens is 1. The first-order valence-corrected chi connectivity index (χ1v) is 13.2. The Morgan fingerprint density at radius 1 is 1.18 bits per heavy atom. The first-order chi connectivity index (χ1) is 19.2. The van der Waals surface area contributed by atoms with Crippen molar-refractivity contribution in [1.29, 1.82) is 0 Å². The molecule has 12 heteroatoms. The fourth-order valence-electron chi connectivity index (χ4n) is 4.53. The summed E-state index contributed by atoms with van der Waals surface area (Å²) in [5.74, 6) is -0.932. The van der Waals surface area contributed by atoms with Gasteiger partial charge in [0.15, 0.2) is 0 Å². The largest absolute Gasteiger partial charge is 0.341 e. The second-order valence-electron chi connectivity index (χ2n) is 9.70. The van der Waals surface area contributed by atoms with Crippen LogP contribution in [-0.2, 0) is 0 Å². The molecule has 0 spiro atoms. The number of piperidine rings is 1. The maximum atomic E-state index is 13.1. The van der Waals surface area contributed by atoms with E-state index in [-0.39, 0.29) is 27.9 Å². The molecule has 5 rings (SSSR count). The van der Waals surface area contributed by atoms with Crippen LogP contribution in [0.25, 0.3) is 11.0 Å². The van der Waals surface area contributed by atoms with Crippen molar-refractivity contribution in [2.45, 2.75) is 31.8 Å². The Bertz CT molecular complexity index is 1620. The van der Waals surface area contributed by atoms with Crippen LogP contribution in [0.15, 0.2) is 65.6 Å². The fraction of sp³-hybridized carbons (Fsp3) is 0.250. The average molecular weight is 562 g/mol. The molecule has 1 atom stereocenters. The number of fused-ring (bicyclic) bond motifs is 1. The first kappa shape index (κ1) is 27.3. The summed E-state index contributed by atoms with van der Waals surface area (Å²) in [7, 11) is 0. The highest BCUT2D eigenvalue weighted by atomic mass is 35.5. The van der Waals surface area contributed by atoms with E-state index in [1.54, 1.807) is 25.3 Å². The summed E-state index contributed by atoms with van der Waals surface area (Å²) in [4.78, 5) is 52.4. The number of anilines is 2. The molecule has 1 aliphatic rings. The highest BCUT2D eigenvalue weighted by molar-refractivity contribution is 6.34. The summed E-state index contributed by atoms with van der Waals surface area (Å²) >= 11 is 6.28. The maximum absolute atomic E-state index is 13.1. The van der Waals surface area contributed by atoms with Crippen molar-refractivity contribution >= 4 is 46.1 Å². The van der Waals surface area contributed by atoms with Gasteiger partial charge in [-0.05, 0) is 49.6 Å². The average Bonchev–Trinajstić information content (AvgIpc) is 2.97. The fourth-order valence-corrected chi connectivity index (χ4v) is 4.69. The molecule has 1 unspecified atom stereocenters. The Balaban J connectivity index is 1.35. The normalized spacial score (nSPS) is 14.7. The topological polar surface area (TPSA) is 158 Å². The first-order valence-electron chi connectivity index (χ1n) is 12.8. The van der Waals surface area contributed by atoms with E-state index in [0.29, 0.717) is 22.0 Å². The zero-order valence-corrected chi connectivity index (χ0v) is 22.4.